The Morgan fingerprint density at radius 3 is 2.47 bits per heavy atom. The lowest BCUT2D eigenvalue weighted by atomic mass is 10.1. The Balaban J connectivity index is 2.42. The van der Waals surface area contributed by atoms with Gasteiger partial charge in [0.15, 0.2) is 0 Å². The summed E-state index contributed by atoms with van der Waals surface area (Å²) in [6.45, 7) is 4.34. The number of carbonyl (C=O) groups is 1. The molecule has 0 aliphatic rings. The van der Waals surface area contributed by atoms with Crippen molar-refractivity contribution in [2.75, 3.05) is 6.54 Å². The van der Waals surface area contributed by atoms with Crippen LogP contribution < -0.4 is 5.32 Å². The summed E-state index contributed by atoms with van der Waals surface area (Å²) in [5.41, 5.74) is 0.547. The van der Waals surface area contributed by atoms with E-state index in [-0.39, 0.29) is 12.5 Å². The van der Waals surface area contributed by atoms with Gasteiger partial charge in [0, 0.05) is 17.1 Å². The van der Waals surface area contributed by atoms with E-state index in [2.05, 4.69) is 5.32 Å². The van der Waals surface area contributed by atoms with Gasteiger partial charge in [-0.1, -0.05) is 25.4 Å². The van der Waals surface area contributed by atoms with Gasteiger partial charge in [-0.25, -0.2) is 0 Å². The first-order valence-electron chi connectivity index (χ1n) is 5.71. The summed E-state index contributed by atoms with van der Waals surface area (Å²) < 4.78 is 0. The molecule has 0 bridgehead atoms. The van der Waals surface area contributed by atoms with Gasteiger partial charge >= 0.3 is 0 Å². The van der Waals surface area contributed by atoms with Gasteiger partial charge in [0.1, 0.15) is 0 Å². The van der Waals surface area contributed by atoms with Gasteiger partial charge in [-0.05, 0) is 36.6 Å². The minimum absolute atomic E-state index is 0.190. The minimum atomic E-state index is -0.494. The number of amides is 1. The minimum Gasteiger partial charge on any atom is -0.391 e. The molecule has 4 heteroatoms. The molecular weight excluding hydrogens is 238 g/mol. The van der Waals surface area contributed by atoms with Gasteiger partial charge < -0.3 is 10.4 Å². The summed E-state index contributed by atoms with van der Waals surface area (Å²) in [6, 6.07) is 6.65. The average molecular weight is 256 g/mol. The van der Waals surface area contributed by atoms with E-state index in [1.807, 2.05) is 13.8 Å². The highest BCUT2D eigenvalue weighted by Gasteiger charge is 2.10. The highest BCUT2D eigenvalue weighted by Crippen LogP contribution is 2.09. The van der Waals surface area contributed by atoms with Gasteiger partial charge in [0.05, 0.1) is 6.10 Å². The normalized spacial score (nSPS) is 12.5. The van der Waals surface area contributed by atoms with Crippen molar-refractivity contribution in [3.8, 4) is 0 Å². The number of nitrogens with one attached hydrogen (secondary N) is 1. The Bertz CT molecular complexity index is 362. The summed E-state index contributed by atoms with van der Waals surface area (Å²) in [5, 5.41) is 12.9. The number of halogens is 1. The summed E-state index contributed by atoms with van der Waals surface area (Å²) in [4.78, 5) is 11.7. The van der Waals surface area contributed by atoms with Crippen LogP contribution in [0.2, 0.25) is 5.02 Å². The van der Waals surface area contributed by atoms with E-state index < -0.39 is 6.10 Å². The fourth-order valence-corrected chi connectivity index (χ4v) is 1.67. The number of hydrogen-bond donors (Lipinski definition) is 2. The zero-order valence-electron chi connectivity index (χ0n) is 10.1. The highest BCUT2D eigenvalue weighted by atomic mass is 35.5. The summed E-state index contributed by atoms with van der Waals surface area (Å²) in [5.74, 6) is 0.224. The molecular formula is C13H18ClNO2. The number of aliphatic hydroxyl groups excluding tert-OH is 1. The van der Waals surface area contributed by atoms with Crippen molar-refractivity contribution >= 4 is 17.5 Å². The molecule has 0 spiro atoms. The van der Waals surface area contributed by atoms with Crippen LogP contribution in [-0.4, -0.2) is 23.7 Å². The van der Waals surface area contributed by atoms with Crippen LogP contribution in [0.15, 0.2) is 24.3 Å². The molecule has 1 aromatic carbocycles. The van der Waals surface area contributed by atoms with E-state index >= 15 is 0 Å². The van der Waals surface area contributed by atoms with Crippen LogP contribution in [0.5, 0.6) is 0 Å². The highest BCUT2D eigenvalue weighted by molar-refractivity contribution is 6.30. The second-order valence-corrected chi connectivity index (χ2v) is 4.94. The Hall–Kier alpha value is -1.06. The van der Waals surface area contributed by atoms with E-state index in [0.29, 0.717) is 22.9 Å². The molecule has 94 valence electrons. The van der Waals surface area contributed by atoms with E-state index in [0.717, 1.165) is 0 Å². The predicted octanol–water partition coefficient (Wildman–Crippen LogP) is 2.48. The van der Waals surface area contributed by atoms with Crippen molar-refractivity contribution < 1.29 is 9.90 Å². The van der Waals surface area contributed by atoms with Gasteiger partial charge in [0.25, 0.3) is 5.91 Å². The van der Waals surface area contributed by atoms with E-state index in [9.17, 15) is 9.90 Å². The first-order valence-corrected chi connectivity index (χ1v) is 6.08. The molecule has 0 radical (unpaired) electrons. The molecule has 0 fully saturated rings. The van der Waals surface area contributed by atoms with Crippen LogP contribution in [0.4, 0.5) is 0 Å². The molecule has 1 aromatic rings. The zero-order chi connectivity index (χ0) is 12.8. The third-order valence-electron chi connectivity index (χ3n) is 2.35. The maximum atomic E-state index is 11.7. The molecule has 0 aliphatic carbocycles. The van der Waals surface area contributed by atoms with Crippen LogP contribution in [0, 0.1) is 5.92 Å². The standard InChI is InChI=1S/C13H18ClNO2/c1-9(2)7-12(16)8-15-13(17)10-3-5-11(14)6-4-10/h3-6,9,12,16H,7-8H2,1-2H3,(H,15,17). The van der Waals surface area contributed by atoms with Crippen molar-refractivity contribution in [3.05, 3.63) is 34.9 Å². The molecule has 1 unspecified atom stereocenters. The smallest absolute Gasteiger partial charge is 0.251 e. The lowest BCUT2D eigenvalue weighted by Crippen LogP contribution is -2.32. The van der Waals surface area contributed by atoms with Crippen LogP contribution in [-0.2, 0) is 0 Å². The first-order chi connectivity index (χ1) is 7.99. The van der Waals surface area contributed by atoms with Crippen molar-refractivity contribution in [3.63, 3.8) is 0 Å². The number of rotatable bonds is 5. The summed E-state index contributed by atoms with van der Waals surface area (Å²) in [7, 11) is 0. The zero-order valence-corrected chi connectivity index (χ0v) is 10.9. The van der Waals surface area contributed by atoms with Crippen molar-refractivity contribution in [1.82, 2.24) is 5.32 Å². The summed E-state index contributed by atoms with van der Waals surface area (Å²) >= 11 is 5.73. The Kier molecular flexibility index (Phi) is 5.45. The molecule has 1 rings (SSSR count). The molecule has 17 heavy (non-hydrogen) atoms. The van der Waals surface area contributed by atoms with Crippen LogP contribution >= 0.6 is 11.6 Å². The molecule has 0 saturated heterocycles. The molecule has 1 atom stereocenters. The number of carbonyl (C=O) groups excluding carboxylic acids is 1. The fraction of sp³-hybridized carbons (Fsp3) is 0.462. The Labute approximate surface area is 107 Å². The number of aliphatic hydroxyl groups is 1. The molecule has 0 saturated carbocycles. The molecule has 2 N–H and O–H groups in total. The van der Waals surface area contributed by atoms with Gasteiger partial charge in [0.2, 0.25) is 0 Å². The van der Waals surface area contributed by atoms with E-state index in [4.69, 9.17) is 11.6 Å². The third kappa shape index (κ3) is 5.20. The maximum Gasteiger partial charge on any atom is 0.251 e. The van der Waals surface area contributed by atoms with Crippen LogP contribution in [0.1, 0.15) is 30.6 Å². The number of hydrogen-bond acceptors (Lipinski definition) is 2. The van der Waals surface area contributed by atoms with Crippen molar-refractivity contribution in [1.29, 1.82) is 0 Å². The van der Waals surface area contributed by atoms with Crippen LogP contribution in [0.3, 0.4) is 0 Å². The lowest BCUT2D eigenvalue weighted by molar-refractivity contribution is 0.0900. The maximum absolute atomic E-state index is 11.7. The molecule has 0 aromatic heterocycles. The largest absolute Gasteiger partial charge is 0.391 e. The van der Waals surface area contributed by atoms with E-state index in [1.165, 1.54) is 0 Å². The fourth-order valence-electron chi connectivity index (χ4n) is 1.54. The van der Waals surface area contributed by atoms with Gasteiger partial charge in [-0.3, -0.25) is 4.79 Å². The summed E-state index contributed by atoms with van der Waals surface area (Å²) in [6.07, 6.45) is 0.187. The average Bonchev–Trinajstić information content (AvgIpc) is 2.26. The van der Waals surface area contributed by atoms with Crippen molar-refractivity contribution in [2.24, 2.45) is 5.92 Å². The number of benzene rings is 1. The monoisotopic (exact) mass is 255 g/mol. The second-order valence-electron chi connectivity index (χ2n) is 4.50. The third-order valence-corrected chi connectivity index (χ3v) is 2.60. The SMILES string of the molecule is CC(C)CC(O)CNC(=O)c1ccc(Cl)cc1. The molecule has 1 amide bonds. The lowest BCUT2D eigenvalue weighted by Gasteiger charge is -2.13. The van der Waals surface area contributed by atoms with Crippen molar-refractivity contribution in [2.45, 2.75) is 26.4 Å². The molecule has 0 heterocycles. The quantitative estimate of drug-likeness (QED) is 0.849. The predicted molar refractivity (Wildman–Crippen MR) is 69.2 cm³/mol. The van der Waals surface area contributed by atoms with E-state index in [1.54, 1.807) is 24.3 Å². The first kappa shape index (κ1) is 14.0. The van der Waals surface area contributed by atoms with Gasteiger partial charge in [-0.2, -0.15) is 0 Å². The second kappa shape index (κ2) is 6.62. The van der Waals surface area contributed by atoms with Crippen LogP contribution in [0.25, 0.3) is 0 Å². The van der Waals surface area contributed by atoms with Gasteiger partial charge in [-0.15, -0.1) is 0 Å². The topological polar surface area (TPSA) is 49.3 Å². The molecule has 3 nitrogen and oxygen atoms in total. The molecule has 0 aliphatic heterocycles. The Morgan fingerprint density at radius 2 is 1.94 bits per heavy atom. The Morgan fingerprint density at radius 1 is 1.35 bits per heavy atom.